The van der Waals surface area contributed by atoms with E-state index >= 15 is 0 Å². The van der Waals surface area contributed by atoms with Crippen molar-refractivity contribution in [3.8, 4) is 0 Å². The molecule has 70 valence electrons. The molecular formula is C10H18O2. The highest BCUT2D eigenvalue weighted by atomic mass is 16.4. The molecule has 0 bridgehead atoms. The Morgan fingerprint density at radius 2 is 2.00 bits per heavy atom. The number of allylic oxidation sites excluding steroid dienone is 2. The van der Waals surface area contributed by atoms with Crippen molar-refractivity contribution in [3.05, 3.63) is 12.2 Å². The first-order valence-electron chi connectivity index (χ1n) is 4.39. The Kier molecular flexibility index (Phi) is 4.64. The number of carboxylic acids is 1. The minimum Gasteiger partial charge on any atom is -0.481 e. The molecule has 0 saturated carbocycles. The topological polar surface area (TPSA) is 37.3 Å². The third-order valence-corrected chi connectivity index (χ3v) is 1.83. The fourth-order valence-electron chi connectivity index (χ4n) is 0.750. The normalized spacial score (nSPS) is 12.2. The smallest absolute Gasteiger partial charge is 0.309 e. The summed E-state index contributed by atoms with van der Waals surface area (Å²) in [7, 11) is 0. The molecule has 0 rings (SSSR count). The maximum absolute atomic E-state index is 10.7. The van der Waals surface area contributed by atoms with Crippen LogP contribution in [0.25, 0.3) is 0 Å². The zero-order valence-electron chi connectivity index (χ0n) is 8.13. The van der Waals surface area contributed by atoms with Crippen LogP contribution in [0, 0.1) is 5.41 Å². The lowest BCUT2D eigenvalue weighted by Crippen LogP contribution is -2.22. The molecule has 1 N–H and O–H groups in total. The van der Waals surface area contributed by atoms with Crippen LogP contribution in [0.15, 0.2) is 12.2 Å². The maximum atomic E-state index is 10.7. The summed E-state index contributed by atoms with van der Waals surface area (Å²) in [4.78, 5) is 10.7. The molecule has 0 spiro atoms. The van der Waals surface area contributed by atoms with E-state index in [0.29, 0.717) is 6.42 Å². The average molecular weight is 170 g/mol. The Bertz CT molecular complexity index is 169. The van der Waals surface area contributed by atoms with Crippen LogP contribution < -0.4 is 0 Å². The van der Waals surface area contributed by atoms with Crippen molar-refractivity contribution in [2.75, 3.05) is 0 Å². The minimum absolute atomic E-state index is 0.613. The van der Waals surface area contributed by atoms with Gasteiger partial charge < -0.3 is 5.11 Å². The van der Waals surface area contributed by atoms with E-state index in [1.54, 1.807) is 13.8 Å². The Labute approximate surface area is 74.3 Å². The van der Waals surface area contributed by atoms with E-state index in [0.717, 1.165) is 12.8 Å². The van der Waals surface area contributed by atoms with Gasteiger partial charge >= 0.3 is 5.97 Å². The van der Waals surface area contributed by atoms with Gasteiger partial charge in [0, 0.05) is 0 Å². The molecule has 0 aromatic carbocycles. The van der Waals surface area contributed by atoms with Crippen molar-refractivity contribution >= 4 is 5.97 Å². The van der Waals surface area contributed by atoms with Gasteiger partial charge in [0.2, 0.25) is 0 Å². The monoisotopic (exact) mass is 170 g/mol. The summed E-state index contributed by atoms with van der Waals surface area (Å²) in [6.45, 7) is 5.59. The number of carboxylic acid groups (broad SMARTS) is 1. The molecule has 0 saturated heterocycles. The highest BCUT2D eigenvalue weighted by Crippen LogP contribution is 2.20. The predicted octanol–water partition coefficient (Wildman–Crippen LogP) is 2.84. The summed E-state index contributed by atoms with van der Waals surface area (Å²) in [5.74, 6) is -0.733. The fourth-order valence-corrected chi connectivity index (χ4v) is 0.750. The second kappa shape index (κ2) is 4.96. The molecule has 0 aliphatic carbocycles. The minimum atomic E-state index is -0.733. The van der Waals surface area contributed by atoms with E-state index in [4.69, 9.17) is 5.11 Å². The van der Waals surface area contributed by atoms with E-state index in [1.807, 2.05) is 12.2 Å². The molecule has 2 heteroatoms. The van der Waals surface area contributed by atoms with Crippen LogP contribution in [0.3, 0.4) is 0 Å². The van der Waals surface area contributed by atoms with Crippen LogP contribution in [0.2, 0.25) is 0 Å². The van der Waals surface area contributed by atoms with Crippen molar-refractivity contribution in [2.24, 2.45) is 5.41 Å². The van der Waals surface area contributed by atoms with Crippen LogP contribution in [0.4, 0.5) is 0 Å². The zero-order chi connectivity index (χ0) is 9.61. The van der Waals surface area contributed by atoms with Gasteiger partial charge in [0.05, 0.1) is 5.41 Å². The van der Waals surface area contributed by atoms with Crippen molar-refractivity contribution in [1.29, 1.82) is 0 Å². The van der Waals surface area contributed by atoms with Gasteiger partial charge in [-0.05, 0) is 26.7 Å². The number of hydrogen-bond donors (Lipinski definition) is 1. The molecule has 0 unspecified atom stereocenters. The molecule has 0 fully saturated rings. The molecule has 0 heterocycles. The summed E-state index contributed by atoms with van der Waals surface area (Å²) in [5, 5.41) is 8.76. The van der Waals surface area contributed by atoms with Gasteiger partial charge in [-0.1, -0.05) is 25.5 Å². The third-order valence-electron chi connectivity index (χ3n) is 1.83. The van der Waals surface area contributed by atoms with Crippen LogP contribution in [0.1, 0.15) is 40.0 Å². The van der Waals surface area contributed by atoms with Crippen LogP contribution >= 0.6 is 0 Å². The molecule has 0 radical (unpaired) electrons. The van der Waals surface area contributed by atoms with Crippen LogP contribution in [-0.2, 0) is 4.79 Å². The fraction of sp³-hybridized carbons (Fsp3) is 0.700. The summed E-state index contributed by atoms with van der Waals surface area (Å²) in [6, 6.07) is 0. The van der Waals surface area contributed by atoms with Gasteiger partial charge in [-0.3, -0.25) is 4.79 Å². The number of rotatable bonds is 5. The van der Waals surface area contributed by atoms with Crippen LogP contribution in [-0.4, -0.2) is 11.1 Å². The Balaban J connectivity index is 3.83. The summed E-state index contributed by atoms with van der Waals surface area (Å²) < 4.78 is 0. The second-order valence-electron chi connectivity index (χ2n) is 3.65. The number of carbonyl (C=O) groups is 1. The van der Waals surface area contributed by atoms with E-state index in [-0.39, 0.29) is 0 Å². The highest BCUT2D eigenvalue weighted by Gasteiger charge is 2.24. The van der Waals surface area contributed by atoms with Crippen molar-refractivity contribution in [1.82, 2.24) is 0 Å². The van der Waals surface area contributed by atoms with Crippen molar-refractivity contribution in [2.45, 2.75) is 40.0 Å². The molecule has 0 aromatic heterocycles. The molecule has 12 heavy (non-hydrogen) atoms. The van der Waals surface area contributed by atoms with E-state index in [1.165, 1.54) is 0 Å². The molecular weight excluding hydrogens is 152 g/mol. The number of unbranched alkanes of at least 4 members (excludes halogenated alkanes) is 1. The Hall–Kier alpha value is -0.790. The number of aliphatic carboxylic acids is 1. The SMILES string of the molecule is CCC/C=C/CC(C)(C)C(=O)O. The van der Waals surface area contributed by atoms with Gasteiger partial charge in [0.15, 0.2) is 0 Å². The maximum Gasteiger partial charge on any atom is 0.309 e. The van der Waals surface area contributed by atoms with Crippen molar-refractivity contribution < 1.29 is 9.90 Å². The number of hydrogen-bond acceptors (Lipinski definition) is 1. The molecule has 0 aliphatic heterocycles. The predicted molar refractivity (Wildman–Crippen MR) is 50.1 cm³/mol. The molecule has 0 aromatic rings. The van der Waals surface area contributed by atoms with Crippen LogP contribution in [0.5, 0.6) is 0 Å². The second-order valence-corrected chi connectivity index (χ2v) is 3.65. The highest BCUT2D eigenvalue weighted by molar-refractivity contribution is 5.73. The van der Waals surface area contributed by atoms with Crippen molar-refractivity contribution in [3.63, 3.8) is 0 Å². The molecule has 0 atom stereocenters. The van der Waals surface area contributed by atoms with Gasteiger partial charge in [-0.15, -0.1) is 0 Å². The first kappa shape index (κ1) is 11.2. The van der Waals surface area contributed by atoms with E-state index in [2.05, 4.69) is 6.92 Å². The lowest BCUT2D eigenvalue weighted by atomic mass is 9.89. The van der Waals surface area contributed by atoms with E-state index < -0.39 is 11.4 Å². The van der Waals surface area contributed by atoms with Gasteiger partial charge in [-0.25, -0.2) is 0 Å². The quantitative estimate of drug-likeness (QED) is 0.644. The largest absolute Gasteiger partial charge is 0.481 e. The molecule has 0 amide bonds. The first-order chi connectivity index (χ1) is 5.50. The van der Waals surface area contributed by atoms with E-state index in [9.17, 15) is 4.79 Å². The summed E-state index contributed by atoms with van der Waals surface area (Å²) >= 11 is 0. The van der Waals surface area contributed by atoms with Gasteiger partial charge in [-0.2, -0.15) is 0 Å². The van der Waals surface area contributed by atoms with Gasteiger partial charge in [0.25, 0.3) is 0 Å². The summed E-state index contributed by atoms with van der Waals surface area (Å²) in [5.41, 5.74) is -0.621. The molecule has 0 aliphatic rings. The Morgan fingerprint density at radius 1 is 1.42 bits per heavy atom. The zero-order valence-corrected chi connectivity index (χ0v) is 8.13. The average Bonchev–Trinajstić information content (AvgIpc) is 1.98. The Morgan fingerprint density at radius 3 is 2.42 bits per heavy atom. The standard InChI is InChI=1S/C10H18O2/c1-4-5-6-7-8-10(2,3)9(11)12/h6-7H,4-5,8H2,1-3H3,(H,11,12)/b7-6+. The lowest BCUT2D eigenvalue weighted by Gasteiger charge is -2.15. The van der Waals surface area contributed by atoms with Gasteiger partial charge in [0.1, 0.15) is 0 Å². The lowest BCUT2D eigenvalue weighted by molar-refractivity contribution is -0.146. The summed E-state index contributed by atoms with van der Waals surface area (Å²) in [6.07, 6.45) is 6.77. The first-order valence-corrected chi connectivity index (χ1v) is 4.39. The molecule has 2 nitrogen and oxygen atoms in total. The third kappa shape index (κ3) is 4.16.